The lowest BCUT2D eigenvalue weighted by Gasteiger charge is -2.30. The number of hydrogen-bond donors (Lipinski definition) is 1. The molecule has 1 aromatic heterocycles. The van der Waals surface area contributed by atoms with Crippen LogP contribution < -0.4 is 10.5 Å². The van der Waals surface area contributed by atoms with Gasteiger partial charge >= 0.3 is 0 Å². The molecule has 2 N–H and O–H groups in total. The Morgan fingerprint density at radius 3 is 2.90 bits per heavy atom. The molecule has 0 aliphatic carbocycles. The van der Waals surface area contributed by atoms with Gasteiger partial charge in [-0.3, -0.25) is 0 Å². The molecule has 21 heavy (non-hydrogen) atoms. The van der Waals surface area contributed by atoms with E-state index in [1.165, 1.54) is 15.6 Å². The summed E-state index contributed by atoms with van der Waals surface area (Å²) in [5.74, 6) is 0.846. The SMILES string of the molecule is NC1CC(c2csc3ccccc23)Oc2ccc(Cl)cc21. The van der Waals surface area contributed by atoms with Gasteiger partial charge in [-0.25, -0.2) is 0 Å². The highest BCUT2D eigenvalue weighted by Crippen LogP contribution is 2.43. The normalized spacial score (nSPS) is 21.0. The monoisotopic (exact) mass is 315 g/mol. The van der Waals surface area contributed by atoms with Gasteiger partial charge in [-0.2, -0.15) is 0 Å². The Kier molecular flexibility index (Phi) is 3.14. The zero-order valence-electron chi connectivity index (χ0n) is 11.3. The van der Waals surface area contributed by atoms with E-state index in [0.717, 1.165) is 17.7 Å². The van der Waals surface area contributed by atoms with Crippen LogP contribution in [0.2, 0.25) is 5.02 Å². The molecule has 2 nitrogen and oxygen atoms in total. The first kappa shape index (κ1) is 13.1. The number of thiophene rings is 1. The average Bonchev–Trinajstić information content (AvgIpc) is 2.92. The van der Waals surface area contributed by atoms with Gasteiger partial charge in [-0.15, -0.1) is 11.3 Å². The third-order valence-corrected chi connectivity index (χ3v) is 5.18. The van der Waals surface area contributed by atoms with Crippen molar-refractivity contribution >= 4 is 33.0 Å². The van der Waals surface area contributed by atoms with Crippen molar-refractivity contribution in [2.24, 2.45) is 5.73 Å². The molecular formula is C17H14ClNOS. The predicted molar refractivity (Wildman–Crippen MR) is 88.2 cm³/mol. The Labute approximate surface area is 132 Å². The highest BCUT2D eigenvalue weighted by Gasteiger charge is 2.28. The second kappa shape index (κ2) is 5.02. The van der Waals surface area contributed by atoms with Crippen molar-refractivity contribution in [2.45, 2.75) is 18.6 Å². The van der Waals surface area contributed by atoms with Crippen LogP contribution in [0.3, 0.4) is 0 Å². The fourth-order valence-electron chi connectivity index (χ4n) is 2.91. The van der Waals surface area contributed by atoms with Gasteiger partial charge in [-0.1, -0.05) is 29.8 Å². The van der Waals surface area contributed by atoms with Crippen molar-refractivity contribution in [1.82, 2.24) is 0 Å². The summed E-state index contributed by atoms with van der Waals surface area (Å²) in [6.07, 6.45) is 0.776. The summed E-state index contributed by atoms with van der Waals surface area (Å²) in [6.45, 7) is 0. The summed E-state index contributed by atoms with van der Waals surface area (Å²) in [7, 11) is 0. The third kappa shape index (κ3) is 2.22. The minimum absolute atomic E-state index is 0.00447. The zero-order valence-corrected chi connectivity index (χ0v) is 12.8. The minimum Gasteiger partial charge on any atom is -0.485 e. The van der Waals surface area contributed by atoms with Crippen LogP contribution in [0.1, 0.15) is 29.7 Å². The molecule has 0 spiro atoms. The summed E-state index contributed by atoms with van der Waals surface area (Å²) < 4.78 is 7.46. The molecule has 1 aliphatic rings. The Balaban J connectivity index is 1.76. The van der Waals surface area contributed by atoms with Crippen LogP contribution in [0.15, 0.2) is 47.8 Å². The van der Waals surface area contributed by atoms with Gasteiger partial charge in [0.15, 0.2) is 0 Å². The smallest absolute Gasteiger partial charge is 0.127 e. The molecule has 0 saturated heterocycles. The summed E-state index contributed by atoms with van der Waals surface area (Å²) in [5, 5.41) is 4.15. The average molecular weight is 316 g/mol. The number of halogens is 1. The molecule has 2 aromatic carbocycles. The maximum absolute atomic E-state index is 6.32. The molecule has 1 aliphatic heterocycles. The van der Waals surface area contributed by atoms with Crippen molar-refractivity contribution in [1.29, 1.82) is 0 Å². The molecule has 3 aromatic rings. The number of ether oxygens (including phenoxy) is 1. The van der Waals surface area contributed by atoms with Crippen LogP contribution >= 0.6 is 22.9 Å². The lowest BCUT2D eigenvalue weighted by Crippen LogP contribution is -2.23. The molecule has 4 heteroatoms. The molecule has 4 rings (SSSR count). The Morgan fingerprint density at radius 2 is 2.00 bits per heavy atom. The second-order valence-corrected chi connectivity index (χ2v) is 6.67. The van der Waals surface area contributed by atoms with Gasteiger partial charge in [0.05, 0.1) is 0 Å². The zero-order chi connectivity index (χ0) is 14.4. The molecule has 0 bridgehead atoms. The molecule has 0 fully saturated rings. The van der Waals surface area contributed by atoms with Crippen molar-refractivity contribution in [2.75, 3.05) is 0 Å². The van der Waals surface area contributed by atoms with Crippen LogP contribution in [-0.2, 0) is 0 Å². The summed E-state index contributed by atoms with van der Waals surface area (Å²) in [5.41, 5.74) is 8.55. The van der Waals surface area contributed by atoms with E-state index in [-0.39, 0.29) is 12.1 Å². The van der Waals surface area contributed by atoms with E-state index in [0.29, 0.717) is 5.02 Å². The first-order valence-corrected chi connectivity index (χ1v) is 8.16. The lowest BCUT2D eigenvalue weighted by atomic mass is 9.93. The quantitative estimate of drug-likeness (QED) is 0.679. The molecule has 0 radical (unpaired) electrons. The number of fused-ring (bicyclic) bond motifs is 2. The Hall–Kier alpha value is -1.55. The minimum atomic E-state index is -0.0453. The van der Waals surface area contributed by atoms with E-state index in [4.69, 9.17) is 22.1 Å². The Morgan fingerprint density at radius 1 is 1.14 bits per heavy atom. The van der Waals surface area contributed by atoms with Crippen molar-refractivity contribution in [3.05, 3.63) is 64.0 Å². The third-order valence-electron chi connectivity index (χ3n) is 3.97. The van der Waals surface area contributed by atoms with Gasteiger partial charge in [0.1, 0.15) is 11.9 Å². The lowest BCUT2D eigenvalue weighted by molar-refractivity contribution is 0.163. The summed E-state index contributed by atoms with van der Waals surface area (Å²) in [4.78, 5) is 0. The number of hydrogen-bond acceptors (Lipinski definition) is 3. The Bertz CT molecular complexity index is 813. The second-order valence-electron chi connectivity index (χ2n) is 5.32. The summed E-state index contributed by atoms with van der Waals surface area (Å²) in [6, 6.07) is 14.0. The van der Waals surface area contributed by atoms with Crippen LogP contribution in [0.4, 0.5) is 0 Å². The van der Waals surface area contributed by atoms with Gasteiger partial charge in [-0.05, 0) is 35.0 Å². The van der Waals surface area contributed by atoms with Crippen LogP contribution in [0, 0.1) is 0 Å². The molecular weight excluding hydrogens is 302 g/mol. The van der Waals surface area contributed by atoms with Gasteiger partial charge < -0.3 is 10.5 Å². The van der Waals surface area contributed by atoms with Crippen LogP contribution in [0.5, 0.6) is 5.75 Å². The maximum Gasteiger partial charge on any atom is 0.127 e. The number of rotatable bonds is 1. The van der Waals surface area contributed by atoms with E-state index in [2.05, 4.69) is 29.6 Å². The standard InChI is InChI=1S/C17H14ClNOS/c18-10-5-6-15-12(7-10)14(19)8-16(20-15)13-9-21-17-4-2-1-3-11(13)17/h1-7,9,14,16H,8,19H2. The van der Waals surface area contributed by atoms with Crippen molar-refractivity contribution in [3.63, 3.8) is 0 Å². The van der Waals surface area contributed by atoms with E-state index >= 15 is 0 Å². The van der Waals surface area contributed by atoms with Crippen molar-refractivity contribution < 1.29 is 4.74 Å². The highest BCUT2D eigenvalue weighted by atomic mass is 35.5. The molecule has 106 valence electrons. The first-order valence-electron chi connectivity index (χ1n) is 6.90. The number of benzene rings is 2. The fraction of sp³-hybridized carbons (Fsp3) is 0.176. The van der Waals surface area contributed by atoms with Crippen molar-refractivity contribution in [3.8, 4) is 5.75 Å². The first-order chi connectivity index (χ1) is 10.2. The maximum atomic E-state index is 6.32. The molecule has 0 amide bonds. The van der Waals surface area contributed by atoms with E-state index < -0.39 is 0 Å². The van der Waals surface area contributed by atoms with E-state index in [1.54, 1.807) is 11.3 Å². The van der Waals surface area contributed by atoms with Gasteiger partial charge in [0.25, 0.3) is 0 Å². The predicted octanol–water partition coefficient (Wildman–Crippen LogP) is 5.08. The largest absolute Gasteiger partial charge is 0.485 e. The molecule has 0 saturated carbocycles. The van der Waals surface area contributed by atoms with E-state index in [9.17, 15) is 0 Å². The molecule has 2 heterocycles. The fourth-order valence-corrected chi connectivity index (χ4v) is 4.10. The number of nitrogens with two attached hydrogens (primary N) is 1. The molecule has 2 atom stereocenters. The van der Waals surface area contributed by atoms with Gasteiger partial charge in [0, 0.05) is 33.3 Å². The highest BCUT2D eigenvalue weighted by molar-refractivity contribution is 7.17. The molecule has 2 unspecified atom stereocenters. The van der Waals surface area contributed by atoms with Gasteiger partial charge in [0.2, 0.25) is 0 Å². The van der Waals surface area contributed by atoms with Crippen LogP contribution in [0.25, 0.3) is 10.1 Å². The van der Waals surface area contributed by atoms with Crippen LogP contribution in [-0.4, -0.2) is 0 Å². The summed E-state index contributed by atoms with van der Waals surface area (Å²) >= 11 is 7.80. The topological polar surface area (TPSA) is 35.2 Å². The van der Waals surface area contributed by atoms with E-state index in [1.807, 2.05) is 18.2 Å².